The van der Waals surface area contributed by atoms with Crippen molar-refractivity contribution in [2.45, 2.75) is 43.2 Å². The second kappa shape index (κ2) is 9.34. The summed E-state index contributed by atoms with van der Waals surface area (Å²) in [5.41, 5.74) is 1.45. The molecule has 2 heterocycles. The second-order valence-corrected chi connectivity index (χ2v) is 8.22. The lowest BCUT2D eigenvalue weighted by Gasteiger charge is -2.22. The van der Waals surface area contributed by atoms with Gasteiger partial charge in [-0.2, -0.15) is 9.61 Å². The first-order valence-corrected chi connectivity index (χ1v) is 11.0. The molecule has 1 saturated carbocycles. The van der Waals surface area contributed by atoms with E-state index in [1.165, 1.54) is 31.0 Å². The topological polar surface area (TPSA) is 90.6 Å². The molecule has 1 N–H and O–H groups in total. The number of hydrogen-bond acceptors (Lipinski definition) is 7. The summed E-state index contributed by atoms with van der Waals surface area (Å²) in [6.45, 7) is 0. The van der Waals surface area contributed by atoms with Gasteiger partial charge in [0.2, 0.25) is 5.91 Å². The van der Waals surface area contributed by atoms with E-state index in [0.29, 0.717) is 34.8 Å². The number of nitrogens with zero attached hydrogens (tertiary/aromatic N) is 4. The third-order valence-electron chi connectivity index (χ3n) is 5.20. The number of aromatic nitrogens is 4. The van der Waals surface area contributed by atoms with Gasteiger partial charge < -0.3 is 14.8 Å². The zero-order chi connectivity index (χ0) is 20.9. The number of hydrogen-bond donors (Lipinski definition) is 1. The number of thioether (sulfide) groups is 1. The molecule has 0 bridgehead atoms. The van der Waals surface area contributed by atoms with Crippen molar-refractivity contribution in [2.75, 3.05) is 20.0 Å². The Balaban J connectivity index is 1.49. The lowest BCUT2D eigenvalue weighted by molar-refractivity contribution is -0.119. The average Bonchev–Trinajstić information content (AvgIpc) is 3.21. The van der Waals surface area contributed by atoms with Crippen molar-refractivity contribution < 1.29 is 14.3 Å². The van der Waals surface area contributed by atoms with Crippen molar-refractivity contribution in [2.24, 2.45) is 0 Å². The zero-order valence-corrected chi connectivity index (χ0v) is 17.9. The zero-order valence-electron chi connectivity index (χ0n) is 17.1. The molecule has 3 aromatic rings. The molecule has 2 aromatic heterocycles. The predicted octanol–water partition coefficient (Wildman–Crippen LogP) is 3.35. The second-order valence-electron chi connectivity index (χ2n) is 7.23. The highest BCUT2D eigenvalue weighted by atomic mass is 32.2. The van der Waals surface area contributed by atoms with Crippen LogP contribution in [0.25, 0.3) is 17.0 Å². The lowest BCUT2D eigenvalue weighted by Crippen LogP contribution is -2.37. The fourth-order valence-electron chi connectivity index (χ4n) is 3.66. The minimum Gasteiger partial charge on any atom is -0.493 e. The molecule has 0 radical (unpaired) electrons. The van der Waals surface area contributed by atoms with Crippen LogP contribution in [0.3, 0.4) is 0 Å². The van der Waals surface area contributed by atoms with Crippen LogP contribution in [0.1, 0.15) is 32.1 Å². The lowest BCUT2D eigenvalue weighted by atomic mass is 9.95. The molecule has 158 valence electrons. The van der Waals surface area contributed by atoms with Gasteiger partial charge in [0.25, 0.3) is 0 Å². The summed E-state index contributed by atoms with van der Waals surface area (Å²) in [5, 5.41) is 17.0. The molecule has 1 aliphatic rings. The van der Waals surface area contributed by atoms with Gasteiger partial charge in [-0.25, -0.2) is 0 Å². The first-order valence-electron chi connectivity index (χ1n) is 10.0. The summed E-state index contributed by atoms with van der Waals surface area (Å²) in [5.74, 6) is 2.24. The monoisotopic (exact) mass is 427 g/mol. The van der Waals surface area contributed by atoms with Crippen molar-refractivity contribution in [3.8, 4) is 22.9 Å². The first-order chi connectivity index (χ1) is 14.7. The van der Waals surface area contributed by atoms with Crippen LogP contribution in [-0.4, -0.2) is 51.7 Å². The van der Waals surface area contributed by atoms with Gasteiger partial charge >= 0.3 is 0 Å². The summed E-state index contributed by atoms with van der Waals surface area (Å²) >= 11 is 1.41. The number of amides is 1. The fourth-order valence-corrected chi connectivity index (χ4v) is 4.33. The molecule has 8 nitrogen and oxygen atoms in total. The van der Waals surface area contributed by atoms with E-state index in [9.17, 15) is 4.79 Å². The van der Waals surface area contributed by atoms with Gasteiger partial charge in [-0.05, 0) is 43.2 Å². The normalized spacial score (nSPS) is 14.6. The molecule has 1 amide bonds. The highest BCUT2D eigenvalue weighted by Crippen LogP contribution is 2.31. The van der Waals surface area contributed by atoms with Gasteiger partial charge in [-0.15, -0.1) is 10.2 Å². The standard InChI is InChI=1S/C21H25N5O3S/c1-28-16-9-8-14(12-17(16)29-2)21-24-23-18-10-11-20(25-26(18)21)30-13-19(27)22-15-6-4-3-5-7-15/h8-12,15H,3-7,13H2,1-2H3,(H,22,27). The SMILES string of the molecule is COc1ccc(-c2nnc3ccc(SCC(=O)NC4CCCCC4)nn23)cc1OC. The molecule has 9 heteroatoms. The van der Waals surface area contributed by atoms with E-state index < -0.39 is 0 Å². The number of rotatable bonds is 7. The van der Waals surface area contributed by atoms with Crippen molar-refractivity contribution in [1.29, 1.82) is 0 Å². The van der Waals surface area contributed by atoms with E-state index in [2.05, 4.69) is 20.6 Å². The van der Waals surface area contributed by atoms with Crippen LogP contribution in [0.5, 0.6) is 11.5 Å². The van der Waals surface area contributed by atoms with Gasteiger partial charge in [-0.3, -0.25) is 4.79 Å². The van der Waals surface area contributed by atoms with Crippen molar-refractivity contribution >= 4 is 23.3 Å². The number of carbonyl (C=O) groups is 1. The molecule has 4 rings (SSSR count). The Kier molecular flexibility index (Phi) is 6.37. The number of nitrogens with one attached hydrogen (secondary N) is 1. The number of carbonyl (C=O) groups excluding carboxylic acids is 1. The van der Waals surface area contributed by atoms with Crippen molar-refractivity contribution in [3.63, 3.8) is 0 Å². The van der Waals surface area contributed by atoms with Crippen molar-refractivity contribution in [3.05, 3.63) is 30.3 Å². The average molecular weight is 428 g/mol. The molecule has 1 aliphatic carbocycles. The molecule has 1 fully saturated rings. The van der Waals surface area contributed by atoms with Crippen LogP contribution >= 0.6 is 11.8 Å². The van der Waals surface area contributed by atoms with Gasteiger partial charge in [0.1, 0.15) is 5.03 Å². The predicted molar refractivity (Wildman–Crippen MR) is 115 cm³/mol. The number of fused-ring (bicyclic) bond motifs is 1. The molecule has 0 saturated heterocycles. The van der Waals surface area contributed by atoms with Gasteiger partial charge in [0.05, 0.1) is 20.0 Å². The third-order valence-corrected chi connectivity index (χ3v) is 6.12. The molecule has 0 aliphatic heterocycles. The molecule has 1 aromatic carbocycles. The third kappa shape index (κ3) is 4.51. The summed E-state index contributed by atoms with van der Waals surface area (Å²) in [6, 6.07) is 9.58. The van der Waals surface area contributed by atoms with Crippen LogP contribution in [0.2, 0.25) is 0 Å². The number of methoxy groups -OCH3 is 2. The van der Waals surface area contributed by atoms with Gasteiger partial charge in [0, 0.05) is 11.6 Å². The van der Waals surface area contributed by atoms with E-state index in [1.807, 2.05) is 30.3 Å². The van der Waals surface area contributed by atoms with E-state index in [4.69, 9.17) is 9.47 Å². The summed E-state index contributed by atoms with van der Waals surface area (Å²) in [6.07, 6.45) is 5.82. The Morgan fingerprint density at radius 2 is 1.90 bits per heavy atom. The Hall–Kier alpha value is -2.81. The van der Waals surface area contributed by atoms with E-state index in [0.717, 1.165) is 23.4 Å². The molecule has 0 unspecified atom stereocenters. The van der Waals surface area contributed by atoms with Crippen LogP contribution < -0.4 is 14.8 Å². The highest BCUT2D eigenvalue weighted by molar-refractivity contribution is 7.99. The summed E-state index contributed by atoms with van der Waals surface area (Å²) < 4.78 is 12.4. The first kappa shape index (κ1) is 20.5. The van der Waals surface area contributed by atoms with E-state index >= 15 is 0 Å². The Morgan fingerprint density at radius 1 is 1.10 bits per heavy atom. The van der Waals surface area contributed by atoms with Crippen LogP contribution in [0, 0.1) is 0 Å². The van der Waals surface area contributed by atoms with E-state index in [-0.39, 0.29) is 5.91 Å². The quantitative estimate of drug-likeness (QED) is 0.578. The van der Waals surface area contributed by atoms with Crippen LogP contribution in [0.15, 0.2) is 35.4 Å². The highest BCUT2D eigenvalue weighted by Gasteiger charge is 2.17. The van der Waals surface area contributed by atoms with Crippen LogP contribution in [0.4, 0.5) is 0 Å². The largest absolute Gasteiger partial charge is 0.493 e. The van der Waals surface area contributed by atoms with E-state index in [1.54, 1.807) is 18.7 Å². The Bertz CT molecular complexity index is 1030. The maximum absolute atomic E-state index is 12.3. The molecule has 30 heavy (non-hydrogen) atoms. The summed E-state index contributed by atoms with van der Waals surface area (Å²) in [7, 11) is 3.19. The molecule has 0 spiro atoms. The smallest absolute Gasteiger partial charge is 0.230 e. The van der Waals surface area contributed by atoms with Gasteiger partial charge in [0.15, 0.2) is 23.0 Å². The summed E-state index contributed by atoms with van der Waals surface area (Å²) in [4.78, 5) is 12.3. The molecular weight excluding hydrogens is 402 g/mol. The maximum Gasteiger partial charge on any atom is 0.230 e. The maximum atomic E-state index is 12.3. The van der Waals surface area contributed by atoms with Crippen molar-refractivity contribution in [1.82, 2.24) is 25.1 Å². The number of benzene rings is 1. The minimum absolute atomic E-state index is 0.0534. The Labute approximate surface area is 179 Å². The van der Waals surface area contributed by atoms with Crippen LogP contribution in [-0.2, 0) is 4.79 Å². The molecule has 0 atom stereocenters. The number of ether oxygens (including phenoxy) is 2. The molecular formula is C21H25N5O3S. The Morgan fingerprint density at radius 3 is 2.67 bits per heavy atom. The van der Waals surface area contributed by atoms with Gasteiger partial charge in [-0.1, -0.05) is 31.0 Å². The fraction of sp³-hybridized carbons (Fsp3) is 0.429. The minimum atomic E-state index is 0.0534.